The Morgan fingerprint density at radius 1 is 1.24 bits per heavy atom. The SMILES string of the molecule is CCOC(=O)[C@H]1[C@@H](C(C)=O)C(=O)N1CCc1ccccc1. The fourth-order valence-electron chi connectivity index (χ4n) is 2.58. The highest BCUT2D eigenvalue weighted by atomic mass is 16.5. The molecule has 0 radical (unpaired) electrons. The van der Waals surface area contributed by atoms with Crippen molar-refractivity contribution in [2.45, 2.75) is 26.3 Å². The molecule has 0 aromatic heterocycles. The molecule has 2 atom stereocenters. The Kier molecular flexibility index (Phi) is 4.73. The lowest BCUT2D eigenvalue weighted by Gasteiger charge is -2.44. The molecule has 1 saturated heterocycles. The molecule has 21 heavy (non-hydrogen) atoms. The summed E-state index contributed by atoms with van der Waals surface area (Å²) in [7, 11) is 0. The van der Waals surface area contributed by atoms with Crippen LogP contribution in [0.1, 0.15) is 19.4 Å². The van der Waals surface area contributed by atoms with Crippen LogP contribution in [-0.2, 0) is 25.5 Å². The van der Waals surface area contributed by atoms with E-state index in [9.17, 15) is 14.4 Å². The van der Waals surface area contributed by atoms with Crippen LogP contribution < -0.4 is 0 Å². The van der Waals surface area contributed by atoms with Crippen LogP contribution in [-0.4, -0.2) is 41.8 Å². The second kappa shape index (κ2) is 6.52. The zero-order chi connectivity index (χ0) is 15.4. The third-order valence-corrected chi connectivity index (χ3v) is 3.65. The van der Waals surface area contributed by atoms with E-state index in [1.54, 1.807) is 6.92 Å². The smallest absolute Gasteiger partial charge is 0.330 e. The zero-order valence-electron chi connectivity index (χ0n) is 12.2. The molecule has 0 saturated carbocycles. The maximum absolute atomic E-state index is 12.0. The van der Waals surface area contributed by atoms with Gasteiger partial charge < -0.3 is 9.64 Å². The summed E-state index contributed by atoms with van der Waals surface area (Å²) in [6, 6.07) is 8.94. The summed E-state index contributed by atoms with van der Waals surface area (Å²) in [5, 5.41) is 0. The lowest BCUT2D eigenvalue weighted by Crippen LogP contribution is -2.67. The highest BCUT2D eigenvalue weighted by molar-refractivity contribution is 6.11. The largest absolute Gasteiger partial charge is 0.464 e. The van der Waals surface area contributed by atoms with Crippen molar-refractivity contribution in [3.63, 3.8) is 0 Å². The first kappa shape index (κ1) is 15.2. The topological polar surface area (TPSA) is 63.7 Å². The van der Waals surface area contributed by atoms with Gasteiger partial charge in [-0.15, -0.1) is 0 Å². The number of rotatable bonds is 6. The van der Waals surface area contributed by atoms with Crippen molar-refractivity contribution in [1.82, 2.24) is 4.90 Å². The standard InChI is InChI=1S/C16H19NO4/c1-3-21-16(20)14-13(11(2)18)15(19)17(14)10-9-12-7-5-4-6-8-12/h4-8,13-14H,3,9-10H2,1-2H3/t13-,14-/m1/s1. The monoisotopic (exact) mass is 289 g/mol. The van der Waals surface area contributed by atoms with Crippen molar-refractivity contribution in [3.05, 3.63) is 35.9 Å². The van der Waals surface area contributed by atoms with Gasteiger partial charge in [-0.05, 0) is 25.8 Å². The summed E-state index contributed by atoms with van der Waals surface area (Å²) >= 11 is 0. The van der Waals surface area contributed by atoms with Crippen LogP contribution in [0, 0.1) is 5.92 Å². The summed E-state index contributed by atoms with van der Waals surface area (Å²) in [4.78, 5) is 36.9. The Morgan fingerprint density at radius 2 is 1.90 bits per heavy atom. The lowest BCUT2D eigenvalue weighted by atomic mass is 9.84. The number of benzene rings is 1. The number of ketones is 1. The summed E-state index contributed by atoms with van der Waals surface area (Å²) < 4.78 is 4.97. The average Bonchev–Trinajstić information content (AvgIpc) is 2.45. The number of hydrogen-bond acceptors (Lipinski definition) is 4. The molecular formula is C16H19NO4. The van der Waals surface area contributed by atoms with E-state index in [-0.39, 0.29) is 18.3 Å². The molecule has 1 heterocycles. The zero-order valence-corrected chi connectivity index (χ0v) is 12.2. The normalized spacial score (nSPS) is 20.9. The molecule has 1 aliphatic rings. The minimum atomic E-state index is -0.875. The maximum Gasteiger partial charge on any atom is 0.330 e. The molecule has 5 nitrogen and oxygen atoms in total. The van der Waals surface area contributed by atoms with Gasteiger partial charge in [-0.25, -0.2) is 4.79 Å². The van der Waals surface area contributed by atoms with E-state index in [0.717, 1.165) is 5.56 Å². The number of nitrogens with zero attached hydrogens (tertiary/aromatic N) is 1. The Hall–Kier alpha value is -2.17. The van der Waals surface area contributed by atoms with Crippen molar-refractivity contribution in [2.75, 3.05) is 13.2 Å². The molecule has 112 valence electrons. The summed E-state index contributed by atoms with van der Waals surface area (Å²) in [6.07, 6.45) is 0.646. The number of carbonyl (C=O) groups excluding carboxylic acids is 3. The number of β-lactam (4-membered cyclic amide) rings is 1. The number of carbonyl (C=O) groups is 3. The second-order valence-electron chi connectivity index (χ2n) is 5.05. The van der Waals surface area contributed by atoms with E-state index in [1.807, 2.05) is 30.3 Å². The number of hydrogen-bond donors (Lipinski definition) is 0. The Balaban J connectivity index is 2.04. The highest BCUT2D eigenvalue weighted by Gasteiger charge is 2.54. The molecule has 2 rings (SSSR count). The van der Waals surface area contributed by atoms with Gasteiger partial charge in [-0.3, -0.25) is 9.59 Å². The highest BCUT2D eigenvalue weighted by Crippen LogP contribution is 2.29. The van der Waals surface area contributed by atoms with Gasteiger partial charge in [0.2, 0.25) is 5.91 Å². The van der Waals surface area contributed by atoms with Gasteiger partial charge in [0, 0.05) is 6.54 Å². The van der Waals surface area contributed by atoms with Gasteiger partial charge in [0.05, 0.1) is 6.61 Å². The molecule has 5 heteroatoms. The van der Waals surface area contributed by atoms with Gasteiger partial charge in [-0.1, -0.05) is 30.3 Å². The Labute approximate surface area is 123 Å². The molecule has 0 spiro atoms. The molecule has 0 N–H and O–H groups in total. The molecule has 1 fully saturated rings. The van der Waals surface area contributed by atoms with Crippen LogP contribution in [0.4, 0.5) is 0 Å². The first-order chi connectivity index (χ1) is 10.1. The molecule has 0 bridgehead atoms. The van der Waals surface area contributed by atoms with Gasteiger partial charge in [0.25, 0.3) is 0 Å². The minimum absolute atomic E-state index is 0.237. The molecule has 1 aliphatic heterocycles. The predicted molar refractivity (Wildman–Crippen MR) is 76.5 cm³/mol. The molecule has 1 aromatic rings. The van der Waals surface area contributed by atoms with Crippen LogP contribution >= 0.6 is 0 Å². The number of ether oxygens (including phenoxy) is 1. The molecule has 0 aliphatic carbocycles. The van der Waals surface area contributed by atoms with Crippen LogP contribution in [0.15, 0.2) is 30.3 Å². The van der Waals surface area contributed by atoms with Crippen molar-refractivity contribution in [3.8, 4) is 0 Å². The summed E-state index contributed by atoms with van der Waals surface area (Å²) in [5.41, 5.74) is 1.08. The maximum atomic E-state index is 12.0. The molecule has 1 amide bonds. The lowest BCUT2D eigenvalue weighted by molar-refractivity contribution is -0.176. The first-order valence-electron chi connectivity index (χ1n) is 7.07. The quantitative estimate of drug-likeness (QED) is 0.448. The van der Waals surface area contributed by atoms with Gasteiger partial charge in [-0.2, -0.15) is 0 Å². The van der Waals surface area contributed by atoms with E-state index in [4.69, 9.17) is 4.74 Å². The first-order valence-corrected chi connectivity index (χ1v) is 7.07. The summed E-state index contributed by atoms with van der Waals surface area (Å²) in [6.45, 7) is 3.69. The van der Waals surface area contributed by atoms with Crippen molar-refractivity contribution >= 4 is 17.7 Å². The molecular weight excluding hydrogens is 270 g/mol. The predicted octanol–water partition coefficient (Wildman–Crippen LogP) is 1.21. The van der Waals surface area contributed by atoms with Crippen molar-refractivity contribution in [2.24, 2.45) is 5.92 Å². The van der Waals surface area contributed by atoms with Gasteiger partial charge in [0.15, 0.2) is 0 Å². The summed E-state index contributed by atoms with van der Waals surface area (Å²) in [5.74, 6) is -1.93. The van der Waals surface area contributed by atoms with Gasteiger partial charge in [0.1, 0.15) is 17.7 Å². The third-order valence-electron chi connectivity index (χ3n) is 3.65. The fourth-order valence-corrected chi connectivity index (χ4v) is 2.58. The van der Waals surface area contributed by atoms with Crippen LogP contribution in [0.3, 0.4) is 0 Å². The molecule has 1 aromatic carbocycles. The van der Waals surface area contributed by atoms with Crippen molar-refractivity contribution in [1.29, 1.82) is 0 Å². The van der Waals surface area contributed by atoms with Crippen LogP contribution in [0.2, 0.25) is 0 Å². The van der Waals surface area contributed by atoms with Crippen molar-refractivity contribution < 1.29 is 19.1 Å². The number of likely N-dealkylation sites (tertiary alicyclic amines) is 1. The third kappa shape index (κ3) is 3.12. The number of Topliss-reactive ketones (excluding diaryl/α,β-unsaturated/α-hetero) is 1. The number of esters is 1. The van der Waals surface area contributed by atoms with E-state index >= 15 is 0 Å². The van der Waals surface area contributed by atoms with E-state index in [1.165, 1.54) is 11.8 Å². The second-order valence-corrected chi connectivity index (χ2v) is 5.05. The number of amides is 1. The van der Waals surface area contributed by atoms with Crippen LogP contribution in [0.5, 0.6) is 0 Å². The van der Waals surface area contributed by atoms with E-state index < -0.39 is 17.9 Å². The van der Waals surface area contributed by atoms with E-state index in [2.05, 4.69) is 0 Å². The minimum Gasteiger partial charge on any atom is -0.464 e. The average molecular weight is 289 g/mol. The van der Waals surface area contributed by atoms with Crippen LogP contribution in [0.25, 0.3) is 0 Å². The Morgan fingerprint density at radius 3 is 2.48 bits per heavy atom. The van der Waals surface area contributed by atoms with Gasteiger partial charge >= 0.3 is 5.97 Å². The fraction of sp³-hybridized carbons (Fsp3) is 0.438. The Bertz CT molecular complexity index is 540. The molecule has 0 unspecified atom stereocenters. The van der Waals surface area contributed by atoms with E-state index in [0.29, 0.717) is 13.0 Å².